The van der Waals surface area contributed by atoms with E-state index in [1.54, 1.807) is 11.3 Å². The van der Waals surface area contributed by atoms with Crippen LogP contribution in [0.25, 0.3) is 0 Å². The lowest BCUT2D eigenvalue weighted by atomic mass is 9.98. The van der Waals surface area contributed by atoms with Crippen LogP contribution in [0.5, 0.6) is 0 Å². The minimum Gasteiger partial charge on any atom is -0.324 e. The van der Waals surface area contributed by atoms with Crippen LogP contribution < -0.4 is 5.32 Å². The van der Waals surface area contributed by atoms with E-state index in [1.807, 2.05) is 11.9 Å². The van der Waals surface area contributed by atoms with Gasteiger partial charge in [-0.3, -0.25) is 10.1 Å². The Hall–Kier alpha value is -0.870. The standard InChI is InChI=1S/C12H16N2OS/c1-14-10(9-4-7-16-8-9)13-12(11(14)15)5-2-3-6-12/h4,7-8,10,13H,2-3,5-6H2,1H3. The lowest BCUT2D eigenvalue weighted by molar-refractivity contribution is -0.131. The van der Waals surface area contributed by atoms with Gasteiger partial charge in [-0.05, 0) is 35.2 Å². The van der Waals surface area contributed by atoms with Crippen molar-refractivity contribution < 1.29 is 4.79 Å². The molecule has 1 aromatic rings. The average molecular weight is 236 g/mol. The summed E-state index contributed by atoms with van der Waals surface area (Å²) in [5, 5.41) is 7.74. The van der Waals surface area contributed by atoms with Crippen LogP contribution in [0.3, 0.4) is 0 Å². The van der Waals surface area contributed by atoms with Gasteiger partial charge in [-0.15, -0.1) is 0 Å². The third-order valence-electron chi connectivity index (χ3n) is 3.85. The number of nitrogens with one attached hydrogen (secondary N) is 1. The van der Waals surface area contributed by atoms with Crippen LogP contribution in [-0.4, -0.2) is 23.4 Å². The average Bonchev–Trinajstić information content (AvgIpc) is 2.98. The lowest BCUT2D eigenvalue weighted by Gasteiger charge is -2.20. The molecule has 1 saturated heterocycles. The Balaban J connectivity index is 1.91. The van der Waals surface area contributed by atoms with Crippen LogP contribution in [0.4, 0.5) is 0 Å². The van der Waals surface area contributed by atoms with Crippen LogP contribution in [0.2, 0.25) is 0 Å². The normalized spacial score (nSPS) is 28.2. The van der Waals surface area contributed by atoms with Crippen LogP contribution in [0.1, 0.15) is 37.4 Å². The second-order valence-corrected chi connectivity index (χ2v) is 5.59. The van der Waals surface area contributed by atoms with Crippen molar-refractivity contribution in [1.82, 2.24) is 10.2 Å². The second kappa shape index (κ2) is 3.57. The van der Waals surface area contributed by atoms with Gasteiger partial charge in [-0.25, -0.2) is 0 Å². The summed E-state index contributed by atoms with van der Waals surface area (Å²) in [7, 11) is 1.91. The summed E-state index contributed by atoms with van der Waals surface area (Å²) in [6.45, 7) is 0. The highest BCUT2D eigenvalue weighted by Gasteiger charge is 2.51. The van der Waals surface area contributed by atoms with Gasteiger partial charge in [0.25, 0.3) is 0 Å². The molecule has 16 heavy (non-hydrogen) atoms. The number of likely N-dealkylation sites (N-methyl/N-ethyl adjacent to an activating group) is 1. The number of hydrogen-bond donors (Lipinski definition) is 1. The molecule has 2 fully saturated rings. The van der Waals surface area contributed by atoms with Gasteiger partial charge in [0.05, 0.1) is 5.54 Å². The first-order valence-corrected chi connectivity index (χ1v) is 6.74. The highest BCUT2D eigenvalue weighted by Crippen LogP contribution is 2.40. The molecule has 1 aromatic heterocycles. The van der Waals surface area contributed by atoms with Gasteiger partial charge >= 0.3 is 0 Å². The zero-order valence-corrected chi connectivity index (χ0v) is 10.2. The number of carbonyl (C=O) groups excluding carboxylic acids is 1. The van der Waals surface area contributed by atoms with Crippen LogP contribution >= 0.6 is 11.3 Å². The predicted octanol–water partition coefficient (Wildman–Crippen LogP) is 2.12. The quantitative estimate of drug-likeness (QED) is 0.810. The fourth-order valence-corrected chi connectivity index (χ4v) is 3.63. The van der Waals surface area contributed by atoms with Gasteiger partial charge in [0.15, 0.2) is 0 Å². The Labute approximate surface area is 99.5 Å². The molecular weight excluding hydrogens is 220 g/mol. The number of carbonyl (C=O) groups is 1. The fraction of sp³-hybridized carbons (Fsp3) is 0.583. The molecule has 1 N–H and O–H groups in total. The molecule has 0 radical (unpaired) electrons. The van der Waals surface area contributed by atoms with Crippen LogP contribution in [0.15, 0.2) is 16.8 Å². The van der Waals surface area contributed by atoms with E-state index >= 15 is 0 Å². The highest BCUT2D eigenvalue weighted by molar-refractivity contribution is 7.07. The third-order valence-corrected chi connectivity index (χ3v) is 4.55. The molecule has 1 unspecified atom stereocenters. The van der Waals surface area contributed by atoms with E-state index < -0.39 is 0 Å². The van der Waals surface area contributed by atoms with E-state index in [0.29, 0.717) is 0 Å². The Kier molecular flexibility index (Phi) is 2.30. The van der Waals surface area contributed by atoms with Crippen molar-refractivity contribution in [3.8, 4) is 0 Å². The van der Waals surface area contributed by atoms with Gasteiger partial charge in [0, 0.05) is 7.05 Å². The summed E-state index contributed by atoms with van der Waals surface area (Å²) < 4.78 is 0. The molecule has 1 spiro atoms. The molecule has 1 atom stereocenters. The van der Waals surface area contributed by atoms with Crippen molar-refractivity contribution in [2.75, 3.05) is 7.05 Å². The summed E-state index contributed by atoms with van der Waals surface area (Å²) in [5.41, 5.74) is 0.964. The molecule has 1 saturated carbocycles. The third kappa shape index (κ3) is 1.33. The van der Waals surface area contributed by atoms with Gasteiger partial charge in [0.2, 0.25) is 5.91 Å². The Morgan fingerprint density at radius 3 is 2.88 bits per heavy atom. The van der Waals surface area contributed by atoms with E-state index in [2.05, 4.69) is 22.1 Å². The van der Waals surface area contributed by atoms with Crippen molar-refractivity contribution in [3.63, 3.8) is 0 Å². The molecule has 1 aliphatic heterocycles. The predicted molar refractivity (Wildman–Crippen MR) is 64.2 cm³/mol. The molecule has 4 heteroatoms. The van der Waals surface area contributed by atoms with E-state index in [1.165, 1.54) is 18.4 Å². The largest absolute Gasteiger partial charge is 0.324 e. The Morgan fingerprint density at radius 1 is 1.50 bits per heavy atom. The summed E-state index contributed by atoms with van der Waals surface area (Å²) in [6.07, 6.45) is 4.41. The van der Waals surface area contributed by atoms with Gasteiger partial charge in [-0.2, -0.15) is 11.3 Å². The SMILES string of the molecule is CN1C(=O)C2(CCCC2)NC1c1ccsc1. The van der Waals surface area contributed by atoms with Crippen molar-refractivity contribution in [1.29, 1.82) is 0 Å². The second-order valence-electron chi connectivity index (χ2n) is 4.81. The van der Waals surface area contributed by atoms with Gasteiger partial charge in [-0.1, -0.05) is 12.8 Å². The first-order valence-electron chi connectivity index (χ1n) is 5.80. The summed E-state index contributed by atoms with van der Waals surface area (Å²) >= 11 is 1.68. The molecule has 86 valence electrons. The van der Waals surface area contributed by atoms with Crippen LogP contribution in [-0.2, 0) is 4.79 Å². The van der Waals surface area contributed by atoms with Gasteiger partial charge in [0.1, 0.15) is 6.17 Å². The highest BCUT2D eigenvalue weighted by atomic mass is 32.1. The molecular formula is C12H16N2OS. The molecule has 0 aromatic carbocycles. The van der Waals surface area contributed by atoms with Crippen molar-refractivity contribution in [3.05, 3.63) is 22.4 Å². The molecule has 0 bridgehead atoms. The summed E-state index contributed by atoms with van der Waals surface area (Å²) in [6, 6.07) is 2.10. The molecule has 3 rings (SSSR count). The summed E-state index contributed by atoms with van der Waals surface area (Å²) in [5.74, 6) is 0.279. The van der Waals surface area contributed by atoms with E-state index in [9.17, 15) is 4.79 Å². The van der Waals surface area contributed by atoms with E-state index in [0.717, 1.165) is 12.8 Å². The first kappa shape index (κ1) is 10.3. The molecule has 2 heterocycles. The maximum atomic E-state index is 12.3. The topological polar surface area (TPSA) is 32.3 Å². The zero-order chi connectivity index (χ0) is 11.2. The van der Waals surface area contributed by atoms with Gasteiger partial charge < -0.3 is 4.90 Å². The van der Waals surface area contributed by atoms with Crippen molar-refractivity contribution in [2.45, 2.75) is 37.4 Å². The van der Waals surface area contributed by atoms with Crippen molar-refractivity contribution in [2.24, 2.45) is 0 Å². The maximum absolute atomic E-state index is 12.3. The smallest absolute Gasteiger partial charge is 0.244 e. The number of hydrogen-bond acceptors (Lipinski definition) is 3. The Bertz CT molecular complexity index is 395. The fourth-order valence-electron chi connectivity index (χ4n) is 2.95. The van der Waals surface area contributed by atoms with Crippen molar-refractivity contribution >= 4 is 17.2 Å². The number of rotatable bonds is 1. The maximum Gasteiger partial charge on any atom is 0.244 e. The zero-order valence-electron chi connectivity index (χ0n) is 9.40. The van der Waals surface area contributed by atoms with E-state index in [-0.39, 0.29) is 17.6 Å². The Morgan fingerprint density at radius 2 is 2.25 bits per heavy atom. The number of amides is 1. The minimum absolute atomic E-state index is 0.0804. The molecule has 1 aliphatic carbocycles. The molecule has 3 nitrogen and oxygen atoms in total. The van der Waals surface area contributed by atoms with Crippen LogP contribution in [0, 0.1) is 0 Å². The number of nitrogens with zero attached hydrogens (tertiary/aromatic N) is 1. The van der Waals surface area contributed by atoms with E-state index in [4.69, 9.17) is 0 Å². The number of thiophene rings is 1. The molecule has 2 aliphatic rings. The summed E-state index contributed by atoms with van der Waals surface area (Å²) in [4.78, 5) is 14.2. The monoisotopic (exact) mass is 236 g/mol. The molecule has 1 amide bonds. The minimum atomic E-state index is -0.249. The lowest BCUT2D eigenvalue weighted by Crippen LogP contribution is -2.43. The first-order chi connectivity index (χ1) is 7.73.